The van der Waals surface area contributed by atoms with E-state index in [-0.39, 0.29) is 36.4 Å². The maximum Gasteiger partial charge on any atom is 0.449 e. The number of carbonyl (C=O) groups is 4. The number of carboxylic acid groups (broad SMARTS) is 2. The number of aryl methyl sites for hydroxylation is 2. The van der Waals surface area contributed by atoms with Crippen molar-refractivity contribution in [1.82, 2.24) is 19.1 Å². The summed E-state index contributed by atoms with van der Waals surface area (Å²) in [4.78, 5) is 65.0. The molecule has 2 aliphatic heterocycles. The number of anilines is 4. The van der Waals surface area contributed by atoms with Crippen LogP contribution in [-0.4, -0.2) is 127 Å². The summed E-state index contributed by atoms with van der Waals surface area (Å²) in [7, 11) is -2.93. The second-order valence-corrected chi connectivity index (χ2v) is 32.0. The lowest BCUT2D eigenvalue weighted by atomic mass is 9.91. The first-order chi connectivity index (χ1) is 53.2. The number of nitrogens with zero attached hydrogens (tertiary/aromatic N) is 6. The van der Waals surface area contributed by atoms with Crippen LogP contribution in [0, 0.1) is 17.8 Å². The Morgan fingerprint density at radius 1 is 0.532 bits per heavy atom. The molecule has 10 rings (SSSR count). The van der Waals surface area contributed by atoms with Gasteiger partial charge in [-0.2, -0.15) is 13.2 Å². The van der Waals surface area contributed by atoms with Gasteiger partial charge in [0.25, 0.3) is 11.8 Å². The molecule has 6 aromatic carbocycles. The van der Waals surface area contributed by atoms with Crippen molar-refractivity contribution in [3.63, 3.8) is 0 Å². The minimum Gasteiger partial charge on any atom is -0.491 e. The van der Waals surface area contributed by atoms with Crippen molar-refractivity contribution < 1.29 is 69.9 Å². The number of hydrogen-bond acceptors (Lipinski definition) is 14. The third-order valence-corrected chi connectivity index (χ3v) is 22.0. The molecule has 2 amide bonds. The van der Waals surface area contributed by atoms with E-state index in [1.54, 1.807) is 83.1 Å². The van der Waals surface area contributed by atoms with E-state index in [1.165, 1.54) is 0 Å². The Labute approximate surface area is 654 Å². The number of amides is 2. The maximum absolute atomic E-state index is 13.8. The van der Waals surface area contributed by atoms with Gasteiger partial charge in [0.05, 0.1) is 80.6 Å². The Morgan fingerprint density at radius 2 is 0.964 bits per heavy atom. The van der Waals surface area contributed by atoms with E-state index >= 15 is 0 Å². The highest BCUT2D eigenvalue weighted by Gasteiger charge is 2.38. The number of imidazole rings is 2. The minimum atomic E-state index is -4.62. The molecule has 4 N–H and O–H groups in total. The smallest absolute Gasteiger partial charge is 0.449 e. The summed E-state index contributed by atoms with van der Waals surface area (Å²) >= 11 is 0. The minimum absolute atomic E-state index is 0.102. The van der Waals surface area contributed by atoms with Crippen molar-refractivity contribution >= 4 is 80.3 Å². The number of carboxylic acids is 2. The lowest BCUT2D eigenvalue weighted by Gasteiger charge is -2.34. The number of carbonyl (C=O) groups excluding carboxylic acids is 2. The van der Waals surface area contributed by atoms with Crippen LogP contribution in [0.4, 0.5) is 35.9 Å². The number of hydrogen-bond donors (Lipinski definition) is 4. The highest BCUT2D eigenvalue weighted by Crippen LogP contribution is 2.38. The van der Waals surface area contributed by atoms with Crippen LogP contribution in [0.1, 0.15) is 154 Å². The van der Waals surface area contributed by atoms with Gasteiger partial charge in [0, 0.05) is 102 Å². The zero-order valence-corrected chi connectivity index (χ0v) is 66.7. The summed E-state index contributed by atoms with van der Waals surface area (Å²) in [5, 5.41) is 25.9. The molecule has 25 heteroatoms. The van der Waals surface area contributed by atoms with Crippen molar-refractivity contribution in [2.24, 2.45) is 10.8 Å². The highest BCUT2D eigenvalue weighted by molar-refractivity contribution is 7.84. The van der Waals surface area contributed by atoms with Crippen LogP contribution < -0.4 is 29.9 Å². The molecule has 0 fully saturated rings. The van der Waals surface area contributed by atoms with Crippen molar-refractivity contribution in [1.29, 1.82) is 0 Å². The van der Waals surface area contributed by atoms with Crippen LogP contribution >= 0.6 is 0 Å². The van der Waals surface area contributed by atoms with Crippen LogP contribution in [0.25, 0.3) is 34.4 Å². The molecule has 594 valence electrons. The molecule has 111 heavy (non-hydrogen) atoms. The fraction of sp³-hybridized carbons (Fsp3) is 0.419. The summed E-state index contributed by atoms with van der Waals surface area (Å²) in [5.41, 5.74) is 9.46. The van der Waals surface area contributed by atoms with E-state index in [9.17, 15) is 51.0 Å². The van der Waals surface area contributed by atoms with E-state index in [2.05, 4.69) is 61.8 Å². The summed E-state index contributed by atoms with van der Waals surface area (Å²) in [5.74, 6) is -1.57. The zero-order chi connectivity index (χ0) is 79.8. The quantitative estimate of drug-likeness (QED) is 0.0267. The van der Waals surface area contributed by atoms with Gasteiger partial charge in [-0.1, -0.05) is 76.9 Å². The van der Waals surface area contributed by atoms with E-state index in [1.807, 2.05) is 104 Å². The number of rotatable bonds is 36. The molecule has 0 spiro atoms. The van der Waals surface area contributed by atoms with Crippen LogP contribution in [0.5, 0.6) is 11.5 Å². The molecule has 8 aromatic rings. The summed E-state index contributed by atoms with van der Waals surface area (Å²) in [6.07, 6.45) is 9.96. The molecule has 2 atom stereocenters. The maximum atomic E-state index is 13.8. The van der Waals surface area contributed by atoms with E-state index < -0.39 is 56.4 Å². The van der Waals surface area contributed by atoms with Crippen molar-refractivity contribution in [2.75, 3.05) is 86.3 Å². The van der Waals surface area contributed by atoms with Gasteiger partial charge in [-0.15, -0.1) is 0 Å². The number of fused-ring (bicyclic) bond motifs is 2. The standard InChI is InChI=1S/C43H51F3N4O6S.C43H54N4O6S/c1-5-7-22-55-23-24-56-36-15-10-30(11-16-36)31-12-19-38-33(25-31)26-32(9-8-21-49(38)29-42(3,4)41(52)53)39(51)48-34-13-17-37(18-14-34)57(54)28-35-27-47-40(43(44,45)46)50(35)20-6-2;1-6-8-23-52-24-25-53-37-16-11-32(12-17-37)33-13-20-39-35(26-33)27-34(10-9-22-46(39)29-43(4,5)42(49)50)41(48)45-36-14-18-38(19-15-36)54(51)28-40-31(3)44-30-47(40)21-7-2/h10-19,25-27H,5-9,20-24,28-29H2,1-4H3,(H,48,51)(H,52,53);11-20,26-27,30H,6-10,21-25,28-29H2,1-5H3,(H,45,48)(H,49,50)/b32-26+;34-27+/t57-;54-/m00/s1. The van der Waals surface area contributed by atoms with Gasteiger partial charge >= 0.3 is 18.1 Å². The van der Waals surface area contributed by atoms with E-state index in [4.69, 9.17) is 18.9 Å². The fourth-order valence-electron chi connectivity index (χ4n) is 12.9. The number of aliphatic carboxylic acids is 2. The zero-order valence-electron chi connectivity index (χ0n) is 65.1. The lowest BCUT2D eigenvalue weighted by Crippen LogP contribution is -2.40. The molecule has 4 heterocycles. The van der Waals surface area contributed by atoms with Crippen LogP contribution in [-0.2, 0) is 81.0 Å². The van der Waals surface area contributed by atoms with Gasteiger partial charge in [-0.3, -0.25) is 27.6 Å². The molecule has 0 aliphatic carbocycles. The average molecular weight is 1560 g/mol. The molecule has 2 aromatic heterocycles. The SMILES string of the molecule is CCCCOCCOc1ccc(-c2ccc3c(c2)/C=C(/C(=O)Nc2ccc([S@@](=O)Cc4c(C)ncn4CCC)cc2)CCCN3CC(C)(C)C(=O)O)cc1.CCCCOCCOc1ccc(-c2ccc3c(c2)/C=C(/C(=O)Nc2ccc([S@@](=O)Cc4cnc(C(F)(F)F)n4CCC)cc2)CCCN3CC(C)(C)C(=O)O)cc1. The first-order valence-corrected chi connectivity index (χ1v) is 40.8. The first kappa shape index (κ1) is 85.3. The van der Waals surface area contributed by atoms with Gasteiger partial charge in [0.1, 0.15) is 24.7 Å². The fourth-order valence-corrected chi connectivity index (χ4v) is 15.3. The summed E-state index contributed by atoms with van der Waals surface area (Å²) in [6.45, 7) is 23.0. The molecular weight excluding hydrogens is 1460 g/mol. The first-order valence-electron chi connectivity index (χ1n) is 38.2. The number of halogens is 3. The Balaban J connectivity index is 0.000000256. The topological polar surface area (TPSA) is 246 Å². The molecule has 0 saturated heterocycles. The summed E-state index contributed by atoms with van der Waals surface area (Å²) < 4.78 is 93.0. The monoisotopic (exact) mass is 1560 g/mol. The second-order valence-electron chi connectivity index (χ2n) is 29.1. The number of alkyl halides is 3. The Morgan fingerprint density at radius 3 is 1.38 bits per heavy atom. The molecule has 2 aliphatic rings. The third-order valence-electron chi connectivity index (χ3n) is 19.3. The molecule has 20 nitrogen and oxygen atoms in total. The number of unbranched alkanes of at least 4 members (excludes halogenated alkanes) is 2. The molecule has 0 radical (unpaired) electrons. The van der Waals surface area contributed by atoms with Gasteiger partial charge in [-0.05, 0) is 229 Å². The van der Waals surface area contributed by atoms with Gasteiger partial charge in [-0.25, -0.2) is 9.97 Å². The molecular formula is C86H105F3N8O12S2. The third kappa shape index (κ3) is 24.2. The largest absolute Gasteiger partial charge is 0.491 e. The lowest BCUT2D eigenvalue weighted by molar-refractivity contribution is -0.147. The highest BCUT2D eigenvalue weighted by atomic mass is 32.2. The Bertz CT molecular complexity index is 4560. The second kappa shape index (κ2) is 40.5. The molecule has 0 bridgehead atoms. The molecule has 0 saturated carbocycles. The average Bonchev–Trinajstić information content (AvgIpc) is 1.24. The van der Waals surface area contributed by atoms with Crippen LogP contribution in [0.15, 0.2) is 167 Å². The number of ether oxygens (including phenoxy) is 4. The van der Waals surface area contributed by atoms with Crippen LogP contribution in [0.3, 0.4) is 0 Å². The van der Waals surface area contributed by atoms with Gasteiger partial charge in [0.2, 0.25) is 5.82 Å². The van der Waals surface area contributed by atoms with Crippen molar-refractivity contribution in [3.8, 4) is 33.8 Å². The van der Waals surface area contributed by atoms with E-state index in [0.29, 0.717) is 123 Å². The van der Waals surface area contributed by atoms with Crippen molar-refractivity contribution in [3.05, 3.63) is 191 Å². The van der Waals surface area contributed by atoms with Gasteiger partial charge in [0.15, 0.2) is 0 Å². The number of nitrogens with one attached hydrogen (secondary N) is 2. The summed E-state index contributed by atoms with van der Waals surface area (Å²) in [6, 6.07) is 41.3. The van der Waals surface area contributed by atoms with Crippen LogP contribution in [0.2, 0.25) is 0 Å². The molecule has 0 unspecified atom stereocenters. The van der Waals surface area contributed by atoms with Gasteiger partial charge < -0.3 is 58.7 Å². The Hall–Kier alpha value is -9.69. The Kier molecular flexibility index (Phi) is 31.1. The predicted molar refractivity (Wildman–Crippen MR) is 433 cm³/mol. The van der Waals surface area contributed by atoms with Crippen molar-refractivity contribution in [2.45, 2.75) is 167 Å². The number of aromatic nitrogens is 4. The van der Waals surface area contributed by atoms with E-state index in [0.717, 1.165) is 124 Å². The number of benzene rings is 6. The normalized spacial score (nSPS) is 14.8. The predicted octanol–water partition coefficient (Wildman–Crippen LogP) is 17.7.